The van der Waals surface area contributed by atoms with Crippen molar-refractivity contribution in [3.05, 3.63) is 41.6 Å². The minimum atomic E-state index is 0. The first-order chi connectivity index (χ1) is 10.2. The molecule has 126 valence electrons. The van der Waals surface area contributed by atoms with Gasteiger partial charge in [-0.3, -0.25) is 9.78 Å². The number of carbonyl (C=O) groups is 1. The van der Waals surface area contributed by atoms with E-state index in [2.05, 4.69) is 10.3 Å². The number of benzene rings is 1. The van der Waals surface area contributed by atoms with E-state index >= 15 is 0 Å². The predicted octanol–water partition coefficient (Wildman–Crippen LogP) is 3.21. The van der Waals surface area contributed by atoms with Crippen LogP contribution < -0.4 is 5.32 Å². The van der Waals surface area contributed by atoms with E-state index in [0.29, 0.717) is 6.04 Å². The lowest BCUT2D eigenvalue weighted by molar-refractivity contribution is 0.0697. The van der Waals surface area contributed by atoms with Crippen molar-refractivity contribution in [3.63, 3.8) is 0 Å². The van der Waals surface area contributed by atoms with Gasteiger partial charge in [0.05, 0.1) is 16.8 Å². The zero-order valence-electron chi connectivity index (χ0n) is 13.4. The summed E-state index contributed by atoms with van der Waals surface area (Å²) >= 11 is 0. The van der Waals surface area contributed by atoms with E-state index < -0.39 is 0 Å². The number of pyridine rings is 1. The number of para-hydroxylation sites is 1. The van der Waals surface area contributed by atoms with Gasteiger partial charge in [0.1, 0.15) is 0 Å². The number of nitrogens with zero attached hydrogens (tertiary/aromatic N) is 2. The van der Waals surface area contributed by atoms with Crippen LogP contribution in [0, 0.1) is 6.92 Å². The highest BCUT2D eigenvalue weighted by molar-refractivity contribution is 5.98. The minimum Gasteiger partial charge on any atom is -0.337 e. The van der Waals surface area contributed by atoms with Gasteiger partial charge < -0.3 is 10.2 Å². The second-order valence-corrected chi connectivity index (χ2v) is 5.69. The molecule has 3 rings (SSSR count). The summed E-state index contributed by atoms with van der Waals surface area (Å²) in [7, 11) is 1.96. The maximum absolute atomic E-state index is 12.8. The van der Waals surface area contributed by atoms with Crippen LogP contribution in [0.1, 0.15) is 28.9 Å². The van der Waals surface area contributed by atoms with E-state index in [1.807, 2.05) is 49.2 Å². The van der Waals surface area contributed by atoms with E-state index in [0.717, 1.165) is 48.1 Å². The van der Waals surface area contributed by atoms with E-state index in [-0.39, 0.29) is 30.7 Å². The molecular weight excluding hydrogens is 333 g/mol. The van der Waals surface area contributed by atoms with Gasteiger partial charge >= 0.3 is 0 Å². The molecule has 0 spiro atoms. The van der Waals surface area contributed by atoms with Crippen LogP contribution in [0.25, 0.3) is 10.9 Å². The molecule has 4 nitrogen and oxygen atoms in total. The minimum absolute atomic E-state index is 0. The third kappa shape index (κ3) is 4.14. The molecule has 1 aliphatic heterocycles. The van der Waals surface area contributed by atoms with Gasteiger partial charge in [-0.05, 0) is 38.9 Å². The molecule has 2 heterocycles. The summed E-state index contributed by atoms with van der Waals surface area (Å²) in [5, 5.41) is 4.30. The van der Waals surface area contributed by atoms with Gasteiger partial charge in [0.25, 0.3) is 5.91 Å². The van der Waals surface area contributed by atoms with Crippen molar-refractivity contribution in [2.24, 2.45) is 0 Å². The molecule has 23 heavy (non-hydrogen) atoms. The van der Waals surface area contributed by atoms with Crippen LogP contribution in [0.5, 0.6) is 0 Å². The summed E-state index contributed by atoms with van der Waals surface area (Å²) in [4.78, 5) is 19.3. The van der Waals surface area contributed by atoms with Crippen molar-refractivity contribution in [1.29, 1.82) is 0 Å². The average Bonchev–Trinajstić information content (AvgIpc) is 2.53. The first kappa shape index (κ1) is 19.7. The van der Waals surface area contributed by atoms with E-state index in [9.17, 15) is 4.79 Å². The number of hydrogen-bond donors (Lipinski definition) is 1. The van der Waals surface area contributed by atoms with E-state index in [1.54, 1.807) is 0 Å². The Morgan fingerprint density at radius 1 is 1.30 bits per heavy atom. The number of nitrogens with one attached hydrogen (secondary N) is 1. The van der Waals surface area contributed by atoms with Crippen LogP contribution in [0.3, 0.4) is 0 Å². The summed E-state index contributed by atoms with van der Waals surface area (Å²) in [5.74, 6) is 0.103. The lowest BCUT2D eigenvalue weighted by atomic mass is 10.0. The number of halogens is 2. The lowest BCUT2D eigenvalue weighted by Crippen LogP contribution is -2.47. The zero-order valence-corrected chi connectivity index (χ0v) is 15.0. The number of hydrogen-bond acceptors (Lipinski definition) is 3. The third-order valence-electron chi connectivity index (χ3n) is 4.26. The Morgan fingerprint density at radius 3 is 2.78 bits per heavy atom. The molecule has 0 radical (unpaired) electrons. The van der Waals surface area contributed by atoms with Crippen LogP contribution in [0.4, 0.5) is 0 Å². The van der Waals surface area contributed by atoms with Gasteiger partial charge in [0.2, 0.25) is 0 Å². The molecule has 6 heteroatoms. The summed E-state index contributed by atoms with van der Waals surface area (Å²) in [5.41, 5.74) is 2.48. The van der Waals surface area contributed by atoms with Gasteiger partial charge in [-0.1, -0.05) is 18.2 Å². The van der Waals surface area contributed by atoms with Crippen molar-refractivity contribution in [2.45, 2.75) is 25.8 Å². The van der Waals surface area contributed by atoms with Crippen LogP contribution in [-0.2, 0) is 0 Å². The Balaban J connectivity index is 0.00000132. The molecule has 1 amide bonds. The topological polar surface area (TPSA) is 45.2 Å². The molecule has 1 aromatic carbocycles. The molecule has 2 aromatic rings. The van der Waals surface area contributed by atoms with E-state index in [4.69, 9.17) is 0 Å². The summed E-state index contributed by atoms with van der Waals surface area (Å²) in [6.07, 6.45) is 2.19. The molecule has 1 atom stereocenters. The molecule has 1 unspecified atom stereocenters. The zero-order chi connectivity index (χ0) is 14.8. The maximum Gasteiger partial charge on any atom is 0.255 e. The number of fused-ring (bicyclic) bond motifs is 1. The Kier molecular flexibility index (Phi) is 7.26. The molecule has 1 N–H and O–H groups in total. The van der Waals surface area contributed by atoms with Crippen LogP contribution in [0.2, 0.25) is 0 Å². The standard InChI is InChI=1S/C17H21N3O.2ClH/c1-12-15(10-13-6-3-4-8-16(13)19-12)17(21)20-9-5-7-14(11-20)18-2;;/h3-4,6,8,10,14,18H,5,7,9,11H2,1-2H3;2*1H. The number of amides is 1. The fourth-order valence-corrected chi connectivity index (χ4v) is 3.00. The number of carbonyl (C=O) groups excluding carboxylic acids is 1. The Hall–Kier alpha value is -1.36. The highest BCUT2D eigenvalue weighted by atomic mass is 35.5. The van der Waals surface area contributed by atoms with Gasteiger partial charge in [-0.15, -0.1) is 24.8 Å². The van der Waals surface area contributed by atoms with Crippen LogP contribution in [0.15, 0.2) is 30.3 Å². The predicted molar refractivity (Wildman–Crippen MR) is 99.0 cm³/mol. The fourth-order valence-electron chi connectivity index (χ4n) is 3.00. The fraction of sp³-hybridized carbons (Fsp3) is 0.412. The Bertz CT molecular complexity index is 678. The SMILES string of the molecule is CNC1CCCN(C(=O)c2cc3ccccc3nc2C)C1.Cl.Cl. The van der Waals surface area contributed by atoms with Gasteiger partial charge in [0, 0.05) is 24.5 Å². The summed E-state index contributed by atoms with van der Waals surface area (Å²) in [6.45, 7) is 3.53. The maximum atomic E-state index is 12.8. The molecule has 0 aliphatic carbocycles. The van der Waals surface area contributed by atoms with Gasteiger partial charge in [-0.2, -0.15) is 0 Å². The van der Waals surface area contributed by atoms with Crippen molar-refractivity contribution in [3.8, 4) is 0 Å². The molecule has 1 saturated heterocycles. The van der Waals surface area contributed by atoms with Crippen molar-refractivity contribution >= 4 is 41.6 Å². The monoisotopic (exact) mass is 355 g/mol. The summed E-state index contributed by atoms with van der Waals surface area (Å²) in [6, 6.07) is 10.3. The Morgan fingerprint density at radius 2 is 2.04 bits per heavy atom. The molecule has 0 bridgehead atoms. The average molecular weight is 356 g/mol. The molecule has 1 fully saturated rings. The second kappa shape index (κ2) is 8.48. The first-order valence-electron chi connectivity index (χ1n) is 7.52. The van der Waals surface area contributed by atoms with Crippen molar-refractivity contribution < 1.29 is 4.79 Å². The molecule has 0 saturated carbocycles. The largest absolute Gasteiger partial charge is 0.337 e. The molecule has 1 aromatic heterocycles. The summed E-state index contributed by atoms with van der Waals surface area (Å²) < 4.78 is 0. The lowest BCUT2D eigenvalue weighted by Gasteiger charge is -2.32. The Labute approximate surface area is 149 Å². The molecule has 1 aliphatic rings. The quantitative estimate of drug-likeness (QED) is 0.899. The van der Waals surface area contributed by atoms with Crippen molar-refractivity contribution in [2.75, 3.05) is 20.1 Å². The smallest absolute Gasteiger partial charge is 0.255 e. The highest BCUT2D eigenvalue weighted by Crippen LogP contribution is 2.20. The number of likely N-dealkylation sites (tertiary alicyclic amines) is 1. The molecular formula is C17H23Cl2N3O. The number of likely N-dealkylation sites (N-methyl/N-ethyl adjacent to an activating group) is 1. The third-order valence-corrected chi connectivity index (χ3v) is 4.26. The van der Waals surface area contributed by atoms with Gasteiger partial charge in [-0.25, -0.2) is 0 Å². The van der Waals surface area contributed by atoms with Crippen LogP contribution in [-0.4, -0.2) is 42.0 Å². The van der Waals surface area contributed by atoms with Crippen LogP contribution >= 0.6 is 24.8 Å². The highest BCUT2D eigenvalue weighted by Gasteiger charge is 2.24. The van der Waals surface area contributed by atoms with Gasteiger partial charge in [0.15, 0.2) is 0 Å². The normalized spacial score (nSPS) is 17.3. The number of aromatic nitrogens is 1. The second-order valence-electron chi connectivity index (χ2n) is 5.69. The van der Waals surface area contributed by atoms with E-state index in [1.165, 1.54) is 0 Å². The number of rotatable bonds is 2. The van der Waals surface area contributed by atoms with Crippen molar-refractivity contribution in [1.82, 2.24) is 15.2 Å². The number of aryl methyl sites for hydroxylation is 1. The number of piperidine rings is 1. The first-order valence-corrected chi connectivity index (χ1v) is 7.52.